The van der Waals surface area contributed by atoms with Gasteiger partial charge in [-0.1, -0.05) is 13.8 Å². The third-order valence-corrected chi connectivity index (χ3v) is 2.45. The Bertz CT molecular complexity index is 303. The van der Waals surface area contributed by atoms with Crippen LogP contribution in [0.4, 0.5) is 11.4 Å². The molecule has 1 atom stereocenters. The van der Waals surface area contributed by atoms with E-state index in [9.17, 15) is 5.11 Å². The molecule has 0 bridgehead atoms. The maximum Gasteiger partial charge on any atom is 0.0635 e. The number of hydrogen-bond donors (Lipinski definition) is 3. The molecular weight excluding hydrogens is 188 g/mol. The molecule has 0 unspecified atom stereocenters. The van der Waals surface area contributed by atoms with Crippen molar-refractivity contribution in [3.05, 3.63) is 23.8 Å². The summed E-state index contributed by atoms with van der Waals surface area (Å²) in [6.07, 6.45) is 0. The molecule has 3 nitrogen and oxygen atoms in total. The summed E-state index contributed by atoms with van der Waals surface area (Å²) in [7, 11) is 0. The zero-order chi connectivity index (χ0) is 11.4. The van der Waals surface area contributed by atoms with Crippen molar-refractivity contribution >= 4 is 11.4 Å². The number of aryl methyl sites for hydroxylation is 1. The van der Waals surface area contributed by atoms with Gasteiger partial charge >= 0.3 is 0 Å². The number of aliphatic hydroxyl groups excluding tert-OH is 1. The van der Waals surface area contributed by atoms with Crippen LogP contribution in [0.5, 0.6) is 0 Å². The highest BCUT2D eigenvalue weighted by Crippen LogP contribution is 2.18. The molecule has 1 aromatic carbocycles. The van der Waals surface area contributed by atoms with Gasteiger partial charge in [0.15, 0.2) is 0 Å². The largest absolute Gasteiger partial charge is 0.399 e. The lowest BCUT2D eigenvalue weighted by atomic mass is 10.0. The van der Waals surface area contributed by atoms with E-state index in [0.29, 0.717) is 5.92 Å². The topological polar surface area (TPSA) is 58.3 Å². The first-order chi connectivity index (χ1) is 7.02. The predicted molar refractivity (Wildman–Crippen MR) is 64.9 cm³/mol. The van der Waals surface area contributed by atoms with Gasteiger partial charge in [-0.25, -0.2) is 0 Å². The van der Waals surface area contributed by atoms with Gasteiger partial charge in [0.05, 0.1) is 12.6 Å². The van der Waals surface area contributed by atoms with Crippen LogP contribution in [0.2, 0.25) is 0 Å². The fourth-order valence-corrected chi connectivity index (χ4v) is 1.53. The molecule has 0 fully saturated rings. The monoisotopic (exact) mass is 208 g/mol. The summed E-state index contributed by atoms with van der Waals surface area (Å²) in [5.41, 5.74) is 8.59. The fraction of sp³-hybridized carbons (Fsp3) is 0.500. The molecule has 0 heterocycles. The standard InChI is InChI=1S/C12H20N2O/c1-8(2)12(7-15)14-11-5-9(3)4-10(13)6-11/h4-6,8,12,14-15H,7,13H2,1-3H3/t12-/m1/s1. The van der Waals surface area contributed by atoms with E-state index in [0.717, 1.165) is 16.9 Å². The molecule has 0 aromatic heterocycles. The molecule has 1 aromatic rings. The van der Waals surface area contributed by atoms with Gasteiger partial charge in [-0.15, -0.1) is 0 Å². The van der Waals surface area contributed by atoms with Crippen molar-refractivity contribution in [3.8, 4) is 0 Å². The van der Waals surface area contributed by atoms with Crippen LogP contribution in [0, 0.1) is 12.8 Å². The molecular formula is C12H20N2O. The van der Waals surface area contributed by atoms with Crippen LogP contribution in [0.25, 0.3) is 0 Å². The third kappa shape index (κ3) is 3.44. The number of nitrogen functional groups attached to an aromatic ring is 1. The van der Waals surface area contributed by atoms with E-state index >= 15 is 0 Å². The van der Waals surface area contributed by atoms with E-state index in [1.165, 1.54) is 0 Å². The van der Waals surface area contributed by atoms with Gasteiger partial charge in [-0.2, -0.15) is 0 Å². The molecule has 1 rings (SSSR count). The Hall–Kier alpha value is -1.22. The molecule has 0 aliphatic rings. The highest BCUT2D eigenvalue weighted by molar-refractivity contribution is 5.57. The first-order valence-electron chi connectivity index (χ1n) is 5.27. The van der Waals surface area contributed by atoms with Crippen molar-refractivity contribution < 1.29 is 5.11 Å². The minimum absolute atomic E-state index is 0.0752. The van der Waals surface area contributed by atoms with E-state index < -0.39 is 0 Å². The van der Waals surface area contributed by atoms with Crippen LogP contribution in [0.1, 0.15) is 19.4 Å². The lowest BCUT2D eigenvalue weighted by Gasteiger charge is -2.21. The van der Waals surface area contributed by atoms with Crippen LogP contribution in [0.3, 0.4) is 0 Å². The molecule has 0 spiro atoms. The Labute approximate surface area is 91.3 Å². The summed E-state index contributed by atoms with van der Waals surface area (Å²) in [5, 5.41) is 12.5. The van der Waals surface area contributed by atoms with E-state index in [1.54, 1.807) is 0 Å². The average Bonchev–Trinajstić information content (AvgIpc) is 2.12. The molecule has 0 aliphatic carbocycles. The first-order valence-corrected chi connectivity index (χ1v) is 5.27. The van der Waals surface area contributed by atoms with E-state index in [1.807, 2.05) is 25.1 Å². The molecule has 84 valence electrons. The summed E-state index contributed by atoms with van der Waals surface area (Å²) in [6, 6.07) is 5.92. The molecule has 0 aliphatic heterocycles. The summed E-state index contributed by atoms with van der Waals surface area (Å²) < 4.78 is 0. The SMILES string of the molecule is Cc1cc(N)cc(N[C@H](CO)C(C)C)c1. The second-order valence-electron chi connectivity index (χ2n) is 4.31. The van der Waals surface area contributed by atoms with Crippen molar-refractivity contribution in [3.63, 3.8) is 0 Å². The van der Waals surface area contributed by atoms with E-state index in [2.05, 4.69) is 19.2 Å². The second-order valence-corrected chi connectivity index (χ2v) is 4.31. The minimum atomic E-state index is 0.0752. The van der Waals surface area contributed by atoms with Gasteiger partial charge < -0.3 is 16.2 Å². The third-order valence-electron chi connectivity index (χ3n) is 2.45. The number of benzene rings is 1. The Morgan fingerprint density at radius 2 is 2.00 bits per heavy atom. The average molecular weight is 208 g/mol. The Morgan fingerprint density at radius 1 is 1.33 bits per heavy atom. The molecule has 0 saturated heterocycles. The van der Waals surface area contributed by atoms with Gasteiger partial charge in [-0.3, -0.25) is 0 Å². The second kappa shape index (κ2) is 5.03. The van der Waals surface area contributed by atoms with Crippen LogP contribution < -0.4 is 11.1 Å². The van der Waals surface area contributed by atoms with Crippen LogP contribution >= 0.6 is 0 Å². The smallest absolute Gasteiger partial charge is 0.0635 e. The minimum Gasteiger partial charge on any atom is -0.399 e. The maximum absolute atomic E-state index is 9.20. The fourth-order valence-electron chi connectivity index (χ4n) is 1.53. The Balaban J connectivity index is 2.79. The van der Waals surface area contributed by atoms with Gasteiger partial charge in [0.2, 0.25) is 0 Å². The quantitative estimate of drug-likeness (QED) is 0.663. The van der Waals surface area contributed by atoms with Crippen molar-refractivity contribution in [2.24, 2.45) is 5.92 Å². The molecule has 0 saturated carbocycles. The lowest BCUT2D eigenvalue weighted by Crippen LogP contribution is -2.29. The van der Waals surface area contributed by atoms with Crippen LogP contribution in [-0.2, 0) is 0 Å². The van der Waals surface area contributed by atoms with Crippen molar-refractivity contribution in [2.45, 2.75) is 26.8 Å². The molecule has 0 radical (unpaired) electrons. The normalized spacial score (nSPS) is 12.9. The zero-order valence-electron chi connectivity index (χ0n) is 9.62. The number of anilines is 2. The first kappa shape index (κ1) is 11.9. The zero-order valence-corrected chi connectivity index (χ0v) is 9.62. The summed E-state index contributed by atoms with van der Waals surface area (Å²) in [5.74, 6) is 0.386. The Kier molecular flexibility index (Phi) is 3.97. The van der Waals surface area contributed by atoms with Gasteiger partial charge in [-0.05, 0) is 36.6 Å². The Morgan fingerprint density at radius 3 is 2.47 bits per heavy atom. The van der Waals surface area contributed by atoms with Crippen molar-refractivity contribution in [1.82, 2.24) is 0 Å². The summed E-state index contributed by atoms with van der Waals surface area (Å²) in [6.45, 7) is 6.29. The number of aliphatic hydroxyl groups is 1. The number of nitrogens with one attached hydrogen (secondary N) is 1. The number of rotatable bonds is 4. The lowest BCUT2D eigenvalue weighted by molar-refractivity contribution is 0.249. The maximum atomic E-state index is 9.20. The van der Waals surface area contributed by atoms with E-state index in [-0.39, 0.29) is 12.6 Å². The number of nitrogens with two attached hydrogens (primary N) is 1. The summed E-state index contributed by atoms with van der Waals surface area (Å²) >= 11 is 0. The highest BCUT2D eigenvalue weighted by Gasteiger charge is 2.11. The van der Waals surface area contributed by atoms with Crippen LogP contribution in [-0.4, -0.2) is 17.8 Å². The van der Waals surface area contributed by atoms with E-state index in [4.69, 9.17) is 5.73 Å². The predicted octanol–water partition coefficient (Wildman–Crippen LogP) is 2.01. The molecule has 4 N–H and O–H groups in total. The van der Waals surface area contributed by atoms with Crippen molar-refractivity contribution in [1.29, 1.82) is 0 Å². The van der Waals surface area contributed by atoms with Gasteiger partial charge in [0.25, 0.3) is 0 Å². The molecule has 3 heteroatoms. The van der Waals surface area contributed by atoms with Crippen LogP contribution in [0.15, 0.2) is 18.2 Å². The van der Waals surface area contributed by atoms with Gasteiger partial charge in [0.1, 0.15) is 0 Å². The van der Waals surface area contributed by atoms with Gasteiger partial charge in [0, 0.05) is 11.4 Å². The molecule has 15 heavy (non-hydrogen) atoms. The number of hydrogen-bond acceptors (Lipinski definition) is 3. The summed E-state index contributed by atoms with van der Waals surface area (Å²) in [4.78, 5) is 0. The molecule has 0 amide bonds. The van der Waals surface area contributed by atoms with Crippen molar-refractivity contribution in [2.75, 3.05) is 17.7 Å². The highest BCUT2D eigenvalue weighted by atomic mass is 16.3.